The maximum absolute atomic E-state index is 13.3. The summed E-state index contributed by atoms with van der Waals surface area (Å²) < 4.78 is 0. The first-order valence-electron chi connectivity index (χ1n) is 9.81. The number of halogens is 1. The summed E-state index contributed by atoms with van der Waals surface area (Å²) in [5.41, 5.74) is 4.08. The Morgan fingerprint density at radius 3 is 2.64 bits per heavy atom. The van der Waals surface area contributed by atoms with Gasteiger partial charge in [0.15, 0.2) is 0 Å². The van der Waals surface area contributed by atoms with Gasteiger partial charge in [-0.25, -0.2) is 5.48 Å². The molecular weight excluding hydrogens is 378 g/mol. The van der Waals surface area contributed by atoms with Gasteiger partial charge < -0.3 is 4.90 Å². The zero-order valence-electron chi connectivity index (χ0n) is 16.0. The van der Waals surface area contributed by atoms with E-state index in [1.807, 2.05) is 41.1 Å². The average Bonchev–Trinajstić information content (AvgIpc) is 3.45. The molecule has 2 N–H and O–H groups in total. The quantitative estimate of drug-likeness (QED) is 0.601. The molecule has 2 amide bonds. The smallest absolute Gasteiger partial charge is 0.248 e. The average molecular weight is 404 g/mol. The van der Waals surface area contributed by atoms with Crippen molar-refractivity contribution in [2.24, 2.45) is 11.3 Å². The lowest BCUT2D eigenvalue weighted by Gasteiger charge is -2.43. The van der Waals surface area contributed by atoms with Crippen molar-refractivity contribution in [3.05, 3.63) is 40.9 Å². The fourth-order valence-corrected chi connectivity index (χ4v) is 5.08. The van der Waals surface area contributed by atoms with E-state index >= 15 is 0 Å². The highest BCUT2D eigenvalue weighted by Gasteiger charge is 2.55. The van der Waals surface area contributed by atoms with E-state index in [-0.39, 0.29) is 11.3 Å². The van der Waals surface area contributed by atoms with Crippen LogP contribution in [0.4, 0.5) is 0 Å². The number of benzene rings is 1. The Morgan fingerprint density at radius 1 is 1.29 bits per heavy atom. The highest BCUT2D eigenvalue weighted by molar-refractivity contribution is 6.32. The molecule has 7 heteroatoms. The molecule has 1 aromatic carbocycles. The monoisotopic (exact) mass is 403 g/mol. The Kier molecular flexibility index (Phi) is 5.21. The van der Waals surface area contributed by atoms with E-state index in [0.29, 0.717) is 19.5 Å². The van der Waals surface area contributed by atoms with Crippen LogP contribution in [0.2, 0.25) is 5.02 Å². The molecule has 1 saturated heterocycles. The molecule has 6 nitrogen and oxygen atoms in total. The largest absolute Gasteiger partial charge is 0.337 e. The van der Waals surface area contributed by atoms with E-state index in [4.69, 9.17) is 11.6 Å². The molecule has 2 heterocycles. The van der Waals surface area contributed by atoms with Crippen molar-refractivity contribution < 1.29 is 14.8 Å². The van der Waals surface area contributed by atoms with E-state index in [2.05, 4.69) is 6.08 Å². The van der Waals surface area contributed by atoms with E-state index in [1.54, 1.807) is 5.48 Å². The Bertz CT molecular complexity index is 821. The Hall–Kier alpha value is -1.89. The van der Waals surface area contributed by atoms with E-state index in [9.17, 15) is 14.8 Å². The summed E-state index contributed by atoms with van der Waals surface area (Å²) in [4.78, 5) is 29.4. The maximum atomic E-state index is 13.3. The number of carbonyl (C=O) groups excluding carboxylic acids is 2. The van der Waals surface area contributed by atoms with Crippen molar-refractivity contribution in [2.45, 2.75) is 31.7 Å². The molecule has 4 rings (SSSR count). The van der Waals surface area contributed by atoms with Gasteiger partial charge in [-0.1, -0.05) is 35.9 Å². The minimum Gasteiger partial charge on any atom is -0.337 e. The zero-order valence-corrected chi connectivity index (χ0v) is 16.8. The van der Waals surface area contributed by atoms with Gasteiger partial charge in [-0.2, -0.15) is 0 Å². The second kappa shape index (κ2) is 7.50. The van der Waals surface area contributed by atoms with Crippen LogP contribution in [0.15, 0.2) is 30.3 Å². The van der Waals surface area contributed by atoms with Gasteiger partial charge in [-0.15, -0.1) is 0 Å². The first kappa shape index (κ1) is 19.4. The third-order valence-electron chi connectivity index (χ3n) is 6.49. The van der Waals surface area contributed by atoms with Gasteiger partial charge in [-0.3, -0.25) is 19.7 Å². The van der Waals surface area contributed by atoms with E-state index < -0.39 is 17.9 Å². The number of likely N-dealkylation sites (N-methyl/N-ethyl adjacent to an activating group) is 1. The summed E-state index contributed by atoms with van der Waals surface area (Å²) in [7, 11) is 1.91. The fourth-order valence-electron chi connectivity index (χ4n) is 4.82. The third-order valence-corrected chi connectivity index (χ3v) is 6.82. The first-order chi connectivity index (χ1) is 13.4. The fraction of sp³-hybridized carbons (Fsp3) is 0.524. The number of likely N-dealkylation sites (tertiary alicyclic amines) is 1. The number of nitrogens with zero attached hydrogens (tertiary/aromatic N) is 2. The van der Waals surface area contributed by atoms with Crippen LogP contribution < -0.4 is 5.48 Å². The highest BCUT2D eigenvalue weighted by atomic mass is 35.5. The Morgan fingerprint density at radius 2 is 2.04 bits per heavy atom. The lowest BCUT2D eigenvalue weighted by atomic mass is 9.80. The summed E-state index contributed by atoms with van der Waals surface area (Å²) in [6.07, 6.45) is 5.61. The van der Waals surface area contributed by atoms with Gasteiger partial charge in [0, 0.05) is 24.7 Å². The molecule has 28 heavy (non-hydrogen) atoms. The van der Waals surface area contributed by atoms with Gasteiger partial charge in [0.25, 0.3) is 0 Å². The molecule has 1 aliphatic carbocycles. The molecule has 2 fully saturated rings. The molecule has 0 unspecified atom stereocenters. The second-order valence-electron chi connectivity index (χ2n) is 8.39. The topological polar surface area (TPSA) is 72.9 Å². The minimum atomic E-state index is -0.534. The van der Waals surface area contributed by atoms with E-state index in [1.165, 1.54) is 0 Å². The van der Waals surface area contributed by atoms with Crippen LogP contribution in [0, 0.1) is 11.3 Å². The molecule has 2 aliphatic heterocycles. The molecule has 1 saturated carbocycles. The molecule has 150 valence electrons. The zero-order chi connectivity index (χ0) is 19.9. The van der Waals surface area contributed by atoms with Crippen LogP contribution in [0.1, 0.15) is 31.2 Å². The van der Waals surface area contributed by atoms with Crippen LogP contribution >= 0.6 is 11.6 Å². The van der Waals surface area contributed by atoms with Gasteiger partial charge in [0.05, 0.1) is 5.92 Å². The number of nitrogens with one attached hydrogen (secondary N) is 1. The molecule has 1 spiro atoms. The van der Waals surface area contributed by atoms with Crippen molar-refractivity contribution in [2.75, 3.05) is 26.7 Å². The summed E-state index contributed by atoms with van der Waals surface area (Å²) in [6, 6.07) is 7.20. The molecule has 0 aromatic heterocycles. The van der Waals surface area contributed by atoms with Crippen LogP contribution in [-0.2, 0) is 9.59 Å². The van der Waals surface area contributed by atoms with Crippen molar-refractivity contribution in [1.82, 2.24) is 15.3 Å². The van der Waals surface area contributed by atoms with Crippen molar-refractivity contribution in [3.63, 3.8) is 0 Å². The van der Waals surface area contributed by atoms with E-state index in [0.717, 1.165) is 42.0 Å². The van der Waals surface area contributed by atoms with Crippen molar-refractivity contribution in [3.8, 4) is 0 Å². The molecule has 2 atom stereocenters. The lowest BCUT2D eigenvalue weighted by Crippen LogP contribution is -2.59. The predicted molar refractivity (Wildman–Crippen MR) is 107 cm³/mol. The number of hydrogen-bond donors (Lipinski definition) is 2. The Balaban J connectivity index is 1.50. The normalized spacial score (nSPS) is 26.7. The van der Waals surface area contributed by atoms with Crippen LogP contribution in [-0.4, -0.2) is 59.5 Å². The highest BCUT2D eigenvalue weighted by Crippen LogP contribution is 2.54. The van der Waals surface area contributed by atoms with Crippen LogP contribution in [0.5, 0.6) is 0 Å². The van der Waals surface area contributed by atoms with Gasteiger partial charge in [-0.05, 0) is 55.3 Å². The predicted octanol–water partition coefficient (Wildman–Crippen LogP) is 2.56. The number of amides is 2. The van der Waals surface area contributed by atoms with Crippen LogP contribution in [0.25, 0.3) is 5.57 Å². The number of rotatable bonds is 3. The number of carbonyl (C=O) groups is 2. The van der Waals surface area contributed by atoms with Crippen molar-refractivity contribution in [1.29, 1.82) is 0 Å². The minimum absolute atomic E-state index is 0.0407. The molecule has 3 aliphatic rings. The third kappa shape index (κ3) is 3.56. The van der Waals surface area contributed by atoms with Crippen molar-refractivity contribution >= 4 is 29.0 Å². The van der Waals surface area contributed by atoms with Gasteiger partial charge in [0.2, 0.25) is 11.8 Å². The summed E-state index contributed by atoms with van der Waals surface area (Å²) in [6.45, 7) is 1.92. The Labute approximate surface area is 170 Å². The second-order valence-corrected chi connectivity index (χ2v) is 8.80. The summed E-state index contributed by atoms with van der Waals surface area (Å²) in [5, 5.41) is 9.91. The molecule has 0 bridgehead atoms. The van der Waals surface area contributed by atoms with Crippen LogP contribution in [0.3, 0.4) is 0 Å². The van der Waals surface area contributed by atoms with Gasteiger partial charge in [0.1, 0.15) is 6.04 Å². The lowest BCUT2D eigenvalue weighted by molar-refractivity contribution is -0.150. The molecule has 1 aromatic rings. The maximum Gasteiger partial charge on any atom is 0.248 e. The molecule has 0 radical (unpaired) electrons. The standard InChI is InChI=1S/C21H26ClN3O3/c1-24-13-21(8-9-21)12-16(19(26)23-28)18(24)20(27)25-10-6-14(7-11-25)15-4-2-3-5-17(15)22/h2-6,16,18,28H,7-13H2,1H3,(H,23,26)/t16-,18-/m0/s1. The number of hydrogen-bond acceptors (Lipinski definition) is 4. The number of piperidine rings is 1. The summed E-state index contributed by atoms with van der Waals surface area (Å²) in [5.74, 6) is -1.02. The number of hydroxylamine groups is 1. The SMILES string of the molecule is CN1CC2(CC2)C[C@H](C(=O)NO)[C@H]1C(=O)N1CC=C(c2ccccc2Cl)CC1. The molecular formula is C21H26ClN3O3. The van der Waals surface area contributed by atoms with Gasteiger partial charge >= 0.3 is 0 Å². The summed E-state index contributed by atoms with van der Waals surface area (Å²) >= 11 is 6.30. The first-order valence-corrected chi connectivity index (χ1v) is 10.2.